The quantitative estimate of drug-likeness (QED) is 0.258. The Bertz CT molecular complexity index is 1700. The number of aromatic amines is 2. The topological polar surface area (TPSA) is 163 Å². The average molecular weight is 462 g/mol. The molecule has 1 amide bonds. The molecule has 170 valence electrons. The lowest BCUT2D eigenvalue weighted by atomic mass is 10.1. The van der Waals surface area contributed by atoms with Crippen LogP contribution in [0.5, 0.6) is 0 Å². The highest BCUT2D eigenvalue weighted by Gasteiger charge is 2.12. The van der Waals surface area contributed by atoms with E-state index in [4.69, 9.17) is 5.73 Å². The van der Waals surface area contributed by atoms with Crippen molar-refractivity contribution < 1.29 is 4.79 Å². The van der Waals surface area contributed by atoms with Gasteiger partial charge in [-0.1, -0.05) is 12.1 Å². The van der Waals surface area contributed by atoms with Gasteiger partial charge in [-0.3, -0.25) is 9.89 Å². The van der Waals surface area contributed by atoms with E-state index in [2.05, 4.69) is 45.8 Å². The van der Waals surface area contributed by atoms with E-state index < -0.39 is 0 Å². The minimum atomic E-state index is -0.335. The van der Waals surface area contributed by atoms with Crippen LogP contribution in [-0.2, 0) is 0 Å². The lowest BCUT2D eigenvalue weighted by Crippen LogP contribution is -2.14. The number of aromatic nitrogens is 7. The molecule has 11 nitrogen and oxygen atoms in total. The first-order valence-corrected chi connectivity index (χ1v) is 10.7. The first kappa shape index (κ1) is 20.3. The lowest BCUT2D eigenvalue weighted by Gasteiger charge is -2.07. The summed E-state index contributed by atoms with van der Waals surface area (Å²) in [6.45, 7) is 0. The van der Waals surface area contributed by atoms with Gasteiger partial charge in [0.2, 0.25) is 5.95 Å². The fourth-order valence-electron chi connectivity index (χ4n) is 3.75. The number of nitrogens with two attached hydrogens (primary N) is 1. The molecule has 0 unspecified atom stereocenters. The molecule has 0 spiro atoms. The van der Waals surface area contributed by atoms with Crippen molar-refractivity contribution in [3.8, 4) is 11.4 Å². The predicted octanol–water partition coefficient (Wildman–Crippen LogP) is 3.87. The number of anilines is 4. The van der Waals surface area contributed by atoms with Crippen molar-refractivity contribution in [3.05, 3.63) is 78.9 Å². The summed E-state index contributed by atoms with van der Waals surface area (Å²) in [7, 11) is 0. The van der Waals surface area contributed by atoms with Gasteiger partial charge in [0.05, 0.1) is 11.7 Å². The van der Waals surface area contributed by atoms with Gasteiger partial charge in [-0.15, -0.1) is 0 Å². The zero-order valence-electron chi connectivity index (χ0n) is 18.1. The average Bonchev–Trinajstić information content (AvgIpc) is 3.50. The third-order valence-corrected chi connectivity index (χ3v) is 5.41. The first-order valence-electron chi connectivity index (χ1n) is 10.7. The van der Waals surface area contributed by atoms with Gasteiger partial charge < -0.3 is 21.4 Å². The molecule has 4 aromatic heterocycles. The van der Waals surface area contributed by atoms with E-state index in [1.807, 2.05) is 36.4 Å². The molecule has 0 atom stereocenters. The number of nitrogen functional groups attached to an aromatic ring is 1. The Labute approximate surface area is 197 Å². The summed E-state index contributed by atoms with van der Waals surface area (Å²) < 4.78 is 0. The van der Waals surface area contributed by atoms with Gasteiger partial charge in [0.15, 0.2) is 5.82 Å². The van der Waals surface area contributed by atoms with Crippen LogP contribution in [0, 0.1) is 0 Å². The number of benzene rings is 2. The molecule has 0 aliphatic carbocycles. The maximum Gasteiger partial charge on any atom is 0.273 e. The van der Waals surface area contributed by atoms with E-state index in [9.17, 15) is 4.79 Å². The normalized spacial score (nSPS) is 11.1. The van der Waals surface area contributed by atoms with Gasteiger partial charge in [0.25, 0.3) is 5.91 Å². The van der Waals surface area contributed by atoms with Crippen LogP contribution in [0.3, 0.4) is 0 Å². The Hall–Kier alpha value is -5.32. The summed E-state index contributed by atoms with van der Waals surface area (Å²) in [5.74, 6) is 1.29. The zero-order chi connectivity index (χ0) is 23.8. The summed E-state index contributed by atoms with van der Waals surface area (Å²) >= 11 is 0. The largest absolute Gasteiger partial charge is 0.368 e. The van der Waals surface area contributed by atoms with E-state index in [0.29, 0.717) is 23.2 Å². The molecule has 2 aromatic carbocycles. The van der Waals surface area contributed by atoms with Crippen LogP contribution >= 0.6 is 0 Å². The predicted molar refractivity (Wildman–Crippen MR) is 133 cm³/mol. The van der Waals surface area contributed by atoms with Crippen molar-refractivity contribution in [2.75, 3.05) is 16.4 Å². The molecule has 4 heterocycles. The number of hydrogen-bond donors (Lipinski definition) is 5. The smallest absolute Gasteiger partial charge is 0.273 e. The summed E-state index contributed by atoms with van der Waals surface area (Å²) in [6, 6.07) is 16.8. The molecular weight excluding hydrogens is 444 g/mol. The SMILES string of the molecule is Nc1nccc(NC(=O)c2cc3ccc(-c4nccc(Nc5ccc6[nH]ncc6c5)n4)cc3[nH]2)n1. The van der Waals surface area contributed by atoms with Crippen molar-refractivity contribution in [2.24, 2.45) is 0 Å². The number of rotatable bonds is 5. The van der Waals surface area contributed by atoms with Crippen LogP contribution in [0.25, 0.3) is 33.2 Å². The van der Waals surface area contributed by atoms with Gasteiger partial charge in [0, 0.05) is 39.9 Å². The van der Waals surface area contributed by atoms with Crippen molar-refractivity contribution in [2.45, 2.75) is 0 Å². The molecule has 0 aliphatic rings. The zero-order valence-corrected chi connectivity index (χ0v) is 18.1. The van der Waals surface area contributed by atoms with Gasteiger partial charge in [-0.2, -0.15) is 10.1 Å². The molecule has 6 N–H and O–H groups in total. The molecule has 0 saturated heterocycles. The van der Waals surface area contributed by atoms with Gasteiger partial charge >= 0.3 is 0 Å². The van der Waals surface area contributed by atoms with Crippen molar-refractivity contribution in [1.82, 2.24) is 35.1 Å². The molecule has 0 saturated carbocycles. The summed E-state index contributed by atoms with van der Waals surface area (Å²) in [6.07, 6.45) is 4.95. The fourth-order valence-corrected chi connectivity index (χ4v) is 3.75. The molecular formula is C24H18N10O. The summed E-state index contributed by atoms with van der Waals surface area (Å²) in [5.41, 5.74) is 9.41. The molecule has 0 aliphatic heterocycles. The number of H-pyrrole nitrogens is 2. The standard InChI is InChI=1S/C24H18N10O/c25-24-27-8-6-21(33-24)32-23(35)19-10-13-1-2-14(11-18(13)30-19)22-26-7-5-20(31-22)29-16-3-4-17-15(9-16)12-28-34-17/h1-12,30H,(H,28,34)(H,26,29,31)(H3,25,27,32,33,35). The van der Waals surface area contributed by atoms with Gasteiger partial charge in [-0.25, -0.2) is 15.0 Å². The second-order valence-corrected chi connectivity index (χ2v) is 7.80. The highest BCUT2D eigenvalue weighted by molar-refractivity contribution is 6.05. The molecule has 0 bridgehead atoms. The Kier molecular flexibility index (Phi) is 4.77. The Balaban J connectivity index is 1.25. The van der Waals surface area contributed by atoms with Crippen molar-refractivity contribution >= 4 is 51.0 Å². The molecule has 6 aromatic rings. The van der Waals surface area contributed by atoms with Crippen LogP contribution in [0.15, 0.2) is 73.2 Å². The second-order valence-electron chi connectivity index (χ2n) is 7.80. The number of amides is 1. The van der Waals surface area contributed by atoms with E-state index >= 15 is 0 Å². The Morgan fingerprint density at radius 3 is 2.66 bits per heavy atom. The Morgan fingerprint density at radius 2 is 1.74 bits per heavy atom. The van der Waals surface area contributed by atoms with E-state index in [-0.39, 0.29) is 11.9 Å². The maximum atomic E-state index is 12.7. The van der Waals surface area contributed by atoms with Gasteiger partial charge in [-0.05, 0) is 42.5 Å². The summed E-state index contributed by atoms with van der Waals surface area (Å²) in [5, 5.41) is 14.9. The molecule has 11 heteroatoms. The second kappa shape index (κ2) is 8.23. The number of nitrogens with one attached hydrogen (secondary N) is 4. The number of fused-ring (bicyclic) bond motifs is 2. The number of nitrogens with zero attached hydrogens (tertiary/aromatic N) is 5. The van der Waals surface area contributed by atoms with Gasteiger partial charge in [0.1, 0.15) is 17.3 Å². The van der Waals surface area contributed by atoms with E-state index in [1.54, 1.807) is 30.6 Å². The van der Waals surface area contributed by atoms with Crippen LogP contribution in [0.4, 0.5) is 23.3 Å². The third kappa shape index (κ3) is 4.09. The monoisotopic (exact) mass is 462 g/mol. The van der Waals surface area contributed by atoms with E-state index in [0.717, 1.165) is 33.1 Å². The van der Waals surface area contributed by atoms with Crippen LogP contribution in [-0.4, -0.2) is 41.0 Å². The maximum absolute atomic E-state index is 12.7. The van der Waals surface area contributed by atoms with E-state index in [1.165, 1.54) is 6.20 Å². The Morgan fingerprint density at radius 1 is 0.857 bits per heavy atom. The number of carbonyl (C=O) groups is 1. The number of hydrogen-bond acceptors (Lipinski definition) is 8. The molecule has 0 radical (unpaired) electrons. The van der Waals surface area contributed by atoms with Crippen LogP contribution in [0.2, 0.25) is 0 Å². The first-order chi connectivity index (χ1) is 17.1. The molecule has 6 rings (SSSR count). The highest BCUT2D eigenvalue weighted by Crippen LogP contribution is 2.25. The van der Waals surface area contributed by atoms with Crippen molar-refractivity contribution in [1.29, 1.82) is 0 Å². The minimum absolute atomic E-state index is 0.0860. The minimum Gasteiger partial charge on any atom is -0.368 e. The summed E-state index contributed by atoms with van der Waals surface area (Å²) in [4.78, 5) is 32.7. The fraction of sp³-hybridized carbons (Fsp3) is 0. The molecule has 35 heavy (non-hydrogen) atoms. The number of carbonyl (C=O) groups excluding carboxylic acids is 1. The third-order valence-electron chi connectivity index (χ3n) is 5.41. The van der Waals surface area contributed by atoms with Crippen LogP contribution in [0.1, 0.15) is 10.5 Å². The van der Waals surface area contributed by atoms with Crippen molar-refractivity contribution in [3.63, 3.8) is 0 Å². The molecule has 0 fully saturated rings. The highest BCUT2D eigenvalue weighted by atomic mass is 16.1. The lowest BCUT2D eigenvalue weighted by molar-refractivity contribution is 0.102. The van der Waals surface area contributed by atoms with Crippen LogP contribution < -0.4 is 16.4 Å².